The second-order valence-corrected chi connectivity index (χ2v) is 11.0. The van der Waals surface area contributed by atoms with E-state index in [1.165, 1.54) is 32.2 Å². The van der Waals surface area contributed by atoms with Gasteiger partial charge in [-0.3, -0.25) is 14.5 Å². The summed E-state index contributed by atoms with van der Waals surface area (Å²) in [6.07, 6.45) is -0.899. The van der Waals surface area contributed by atoms with Crippen LogP contribution in [0, 0.1) is 11.6 Å². The molecule has 0 bridgehead atoms. The highest BCUT2D eigenvalue weighted by Crippen LogP contribution is 2.44. The van der Waals surface area contributed by atoms with Crippen LogP contribution in [0.1, 0.15) is 35.3 Å². The van der Waals surface area contributed by atoms with Gasteiger partial charge in [-0.1, -0.05) is 18.2 Å². The summed E-state index contributed by atoms with van der Waals surface area (Å²) in [5.74, 6) is -2.24. The van der Waals surface area contributed by atoms with Crippen molar-refractivity contribution >= 4 is 45.8 Å². The van der Waals surface area contributed by atoms with Crippen LogP contribution in [0.25, 0.3) is 10.4 Å². The van der Waals surface area contributed by atoms with Gasteiger partial charge in [-0.2, -0.15) is 0 Å². The second-order valence-electron chi connectivity index (χ2n) is 9.99. The van der Waals surface area contributed by atoms with Crippen LogP contribution >= 0.6 is 11.3 Å². The quantitative estimate of drug-likeness (QED) is 0.207. The number of carbonyl (C=O) groups excluding carboxylic acids is 3. The normalized spacial score (nSPS) is 10.8. The maximum Gasteiger partial charge on any atom is 0.415 e. The number of nitrogens with zero attached hydrogens (tertiary/aromatic N) is 4. The van der Waals surface area contributed by atoms with Gasteiger partial charge in [0.05, 0.1) is 25.8 Å². The van der Waals surface area contributed by atoms with Gasteiger partial charge in [0, 0.05) is 35.7 Å². The van der Waals surface area contributed by atoms with Crippen LogP contribution in [0.4, 0.5) is 30.1 Å². The standard InChI is InChI=1S/C31H32F2N6O5S/c1-6-44-31(42)39(17-21-23(32)8-7-9-24(21)33)30-27(29(41)35-25-14-15-26(43-5)37-36-25)22(16-38(3)4)28(45-30)19-10-12-20(13-11-19)34-18(2)40/h7-15H,6,16-17H2,1-5H3,(H,34,40)(H,35,36,41). The average molecular weight is 639 g/mol. The molecule has 0 aliphatic heterocycles. The molecule has 0 fully saturated rings. The first kappa shape index (κ1) is 33.0. The molecular weight excluding hydrogens is 606 g/mol. The lowest BCUT2D eigenvalue weighted by molar-refractivity contribution is -0.114. The number of carbonyl (C=O) groups is 3. The maximum absolute atomic E-state index is 14.9. The van der Waals surface area contributed by atoms with Crippen LogP contribution in [0.15, 0.2) is 54.6 Å². The lowest BCUT2D eigenvalue weighted by Crippen LogP contribution is -2.33. The molecule has 0 radical (unpaired) electrons. The van der Waals surface area contributed by atoms with Crippen LogP contribution in [-0.2, 0) is 22.6 Å². The molecule has 4 aromatic rings. The number of ether oxygens (including phenoxy) is 2. The van der Waals surface area contributed by atoms with E-state index in [0.717, 1.165) is 28.4 Å². The summed E-state index contributed by atoms with van der Waals surface area (Å²) in [5.41, 5.74) is 1.49. The number of amides is 3. The largest absolute Gasteiger partial charge is 0.480 e. The number of benzene rings is 2. The number of halogens is 2. The molecule has 2 aromatic carbocycles. The van der Waals surface area contributed by atoms with Gasteiger partial charge in [-0.25, -0.2) is 13.6 Å². The fourth-order valence-electron chi connectivity index (χ4n) is 4.42. The molecule has 2 N–H and O–H groups in total. The van der Waals surface area contributed by atoms with Gasteiger partial charge in [0.2, 0.25) is 11.8 Å². The lowest BCUT2D eigenvalue weighted by atomic mass is 10.0. The zero-order valence-corrected chi connectivity index (χ0v) is 26.1. The monoisotopic (exact) mass is 638 g/mol. The first-order valence-corrected chi connectivity index (χ1v) is 14.6. The fraction of sp³-hybridized carbons (Fsp3) is 0.258. The highest BCUT2D eigenvalue weighted by molar-refractivity contribution is 7.20. The van der Waals surface area contributed by atoms with E-state index in [-0.39, 0.29) is 46.9 Å². The molecule has 2 aromatic heterocycles. The van der Waals surface area contributed by atoms with Gasteiger partial charge in [-0.05, 0) is 62.5 Å². The van der Waals surface area contributed by atoms with Crippen molar-refractivity contribution in [2.45, 2.75) is 26.9 Å². The number of nitrogens with one attached hydrogen (secondary N) is 2. The van der Waals surface area contributed by atoms with Crippen LogP contribution in [0.5, 0.6) is 5.88 Å². The van der Waals surface area contributed by atoms with Crippen molar-refractivity contribution in [3.8, 4) is 16.3 Å². The second kappa shape index (κ2) is 14.7. The summed E-state index contributed by atoms with van der Waals surface area (Å²) in [6, 6.07) is 13.4. The van der Waals surface area contributed by atoms with Crippen molar-refractivity contribution in [1.82, 2.24) is 15.1 Å². The number of aromatic nitrogens is 2. The van der Waals surface area contributed by atoms with Crippen LogP contribution in [0.2, 0.25) is 0 Å². The van der Waals surface area contributed by atoms with Gasteiger partial charge in [0.1, 0.15) is 16.6 Å². The molecular formula is C31H32F2N6O5S. The van der Waals surface area contributed by atoms with E-state index < -0.39 is 30.2 Å². The summed E-state index contributed by atoms with van der Waals surface area (Å²) in [6.45, 7) is 2.67. The first-order chi connectivity index (χ1) is 21.5. The van der Waals surface area contributed by atoms with Gasteiger partial charge in [0.25, 0.3) is 5.91 Å². The van der Waals surface area contributed by atoms with Crippen molar-refractivity contribution < 1.29 is 32.6 Å². The van der Waals surface area contributed by atoms with E-state index >= 15 is 0 Å². The van der Waals surface area contributed by atoms with E-state index in [1.807, 2.05) is 19.0 Å². The van der Waals surface area contributed by atoms with Gasteiger partial charge in [-0.15, -0.1) is 21.5 Å². The Morgan fingerprint density at radius 3 is 2.16 bits per heavy atom. The van der Waals surface area contributed by atoms with Crippen molar-refractivity contribution in [2.75, 3.05) is 43.3 Å². The summed E-state index contributed by atoms with van der Waals surface area (Å²) in [7, 11) is 5.06. The smallest absolute Gasteiger partial charge is 0.415 e. The van der Waals surface area contributed by atoms with Crippen LogP contribution < -0.4 is 20.3 Å². The van der Waals surface area contributed by atoms with Crippen molar-refractivity contribution in [3.63, 3.8) is 0 Å². The minimum atomic E-state index is -0.899. The van der Waals surface area contributed by atoms with Gasteiger partial charge in [0.15, 0.2) is 5.82 Å². The highest BCUT2D eigenvalue weighted by Gasteiger charge is 2.33. The molecule has 0 atom stereocenters. The highest BCUT2D eigenvalue weighted by atomic mass is 32.1. The third kappa shape index (κ3) is 7.96. The minimum Gasteiger partial charge on any atom is -0.480 e. The summed E-state index contributed by atoms with van der Waals surface area (Å²) >= 11 is 1.09. The van der Waals surface area contributed by atoms with Crippen LogP contribution in [-0.4, -0.2) is 60.8 Å². The Bertz CT molecular complexity index is 1660. The number of thiophene rings is 1. The molecule has 236 valence electrons. The number of rotatable bonds is 11. The Labute approximate surface area is 262 Å². The molecule has 0 saturated carbocycles. The third-order valence-corrected chi connectivity index (χ3v) is 7.66. The predicted molar refractivity (Wildman–Crippen MR) is 168 cm³/mol. The van der Waals surface area contributed by atoms with E-state index in [9.17, 15) is 23.2 Å². The average Bonchev–Trinajstić information content (AvgIpc) is 3.35. The Kier molecular flexibility index (Phi) is 10.8. The van der Waals surface area contributed by atoms with E-state index in [4.69, 9.17) is 9.47 Å². The molecule has 0 spiro atoms. The molecule has 3 amide bonds. The lowest BCUT2D eigenvalue weighted by Gasteiger charge is -2.23. The van der Waals surface area contributed by atoms with Crippen molar-refractivity contribution in [2.24, 2.45) is 0 Å². The minimum absolute atomic E-state index is 0.0224. The number of anilines is 3. The zero-order valence-electron chi connectivity index (χ0n) is 25.3. The number of methoxy groups -OCH3 is 1. The number of hydrogen-bond acceptors (Lipinski definition) is 9. The molecule has 14 heteroatoms. The maximum atomic E-state index is 14.9. The Balaban J connectivity index is 1.94. The number of hydrogen-bond donors (Lipinski definition) is 2. The molecule has 0 saturated heterocycles. The SMILES string of the molecule is CCOC(=O)N(Cc1c(F)cccc1F)c1sc(-c2ccc(NC(C)=O)cc2)c(CN(C)C)c1C(=O)Nc1ccc(OC)nn1. The third-order valence-electron chi connectivity index (χ3n) is 6.36. The summed E-state index contributed by atoms with van der Waals surface area (Å²) in [5, 5.41) is 13.4. The van der Waals surface area contributed by atoms with Gasteiger partial charge < -0.3 is 25.0 Å². The molecule has 2 heterocycles. The summed E-state index contributed by atoms with van der Waals surface area (Å²) < 4.78 is 40.1. The first-order valence-electron chi connectivity index (χ1n) is 13.8. The van der Waals surface area contributed by atoms with Crippen molar-refractivity contribution in [1.29, 1.82) is 0 Å². The summed E-state index contributed by atoms with van der Waals surface area (Å²) in [4.78, 5) is 42.6. The van der Waals surface area contributed by atoms with E-state index in [1.54, 1.807) is 31.2 Å². The predicted octanol–water partition coefficient (Wildman–Crippen LogP) is 5.93. The van der Waals surface area contributed by atoms with E-state index in [2.05, 4.69) is 20.8 Å². The topological polar surface area (TPSA) is 126 Å². The molecule has 45 heavy (non-hydrogen) atoms. The van der Waals surface area contributed by atoms with Gasteiger partial charge >= 0.3 is 6.09 Å². The van der Waals surface area contributed by atoms with Crippen LogP contribution in [0.3, 0.4) is 0 Å². The van der Waals surface area contributed by atoms with E-state index in [0.29, 0.717) is 21.7 Å². The molecule has 4 rings (SSSR count). The Morgan fingerprint density at radius 1 is 0.911 bits per heavy atom. The zero-order chi connectivity index (χ0) is 32.7. The molecule has 11 nitrogen and oxygen atoms in total. The molecule has 0 aliphatic carbocycles. The van der Waals surface area contributed by atoms with Crippen molar-refractivity contribution in [3.05, 3.63) is 82.9 Å². The Morgan fingerprint density at radius 2 is 1.60 bits per heavy atom. The molecule has 0 aliphatic rings. The Hall–Kier alpha value is -4.95. The molecule has 0 unspecified atom stereocenters. The fourth-order valence-corrected chi connectivity index (χ4v) is 5.73.